The van der Waals surface area contributed by atoms with Crippen LogP contribution in [0.25, 0.3) is 44.2 Å². The van der Waals surface area contributed by atoms with Crippen molar-refractivity contribution in [3.05, 3.63) is 61.3 Å². The van der Waals surface area contributed by atoms with Gasteiger partial charge in [0.25, 0.3) is 0 Å². The first-order valence-corrected chi connectivity index (χ1v) is 16.7. The molecule has 4 heterocycles. The topological polar surface area (TPSA) is 92.0 Å². The number of nitrogens with two attached hydrogens (primary N) is 1. The Balaban J connectivity index is 1.26. The molecule has 39 heavy (non-hydrogen) atoms. The number of nitrogens with zero attached hydrogens (tertiary/aromatic N) is 4. The van der Waals surface area contributed by atoms with E-state index in [1.54, 1.807) is 6.20 Å². The van der Waals surface area contributed by atoms with Gasteiger partial charge in [0, 0.05) is 58.4 Å². The molecule has 8 heteroatoms. The van der Waals surface area contributed by atoms with Crippen LogP contribution in [-0.2, 0) is 4.43 Å². The molecule has 1 fully saturated rings. The minimum Gasteiger partial charge on any atom is -0.452 e. The average molecular weight is 540 g/mol. The zero-order valence-corrected chi connectivity index (χ0v) is 24.4. The second-order valence-electron chi connectivity index (χ2n) is 12.3. The molecule has 1 saturated carbocycles. The Hall–Kier alpha value is -3.49. The molecule has 0 saturated heterocycles. The number of hydrogen-bond donors (Lipinski definition) is 1. The van der Waals surface area contributed by atoms with E-state index in [-0.39, 0.29) is 5.04 Å². The van der Waals surface area contributed by atoms with E-state index >= 15 is 0 Å². The summed E-state index contributed by atoms with van der Waals surface area (Å²) in [7, 11) is -1.75. The quantitative estimate of drug-likeness (QED) is 0.228. The highest BCUT2D eigenvalue weighted by atomic mass is 28.4. The van der Waals surface area contributed by atoms with Crippen LogP contribution in [0.2, 0.25) is 18.1 Å². The van der Waals surface area contributed by atoms with Crippen LogP contribution in [0.1, 0.15) is 52.5 Å². The van der Waals surface area contributed by atoms with E-state index in [4.69, 9.17) is 19.7 Å². The van der Waals surface area contributed by atoms with Crippen LogP contribution < -0.4 is 5.73 Å². The maximum Gasteiger partial charge on any atom is 0.192 e. The zero-order valence-electron chi connectivity index (χ0n) is 23.4. The average Bonchev–Trinajstić information content (AvgIpc) is 3.57. The number of furan rings is 1. The highest BCUT2D eigenvalue weighted by molar-refractivity contribution is 6.74. The van der Waals surface area contributed by atoms with Crippen molar-refractivity contribution in [3.63, 3.8) is 0 Å². The second kappa shape index (κ2) is 9.61. The standard InChI is InChI=1S/C31H37N5O2Si/c1-31(2,3)39(4,5)38-23-11-9-22(10-12-23)36-19-21(17-35-36)27-18-34-30(32)29-26(27)15-28(37-29)25-8-6-7-20-16-33-14-13-24(20)25/h6-8,13-19,22-23H,9-12H2,1-5H3,(H2,32,34)/t22-,23-. The number of rotatable bonds is 5. The van der Waals surface area contributed by atoms with Crippen LogP contribution in [-0.4, -0.2) is 34.2 Å². The SMILES string of the molecule is CC(C)(C)[Si](C)(C)O[C@H]1CC[C@H](n2cc(-c3cnc(N)c4oc(-c5cccc6cnccc56)cc34)cn2)CC1. The normalized spacial score (nSPS) is 18.7. The van der Waals surface area contributed by atoms with Gasteiger partial charge in [-0.05, 0) is 61.3 Å². The van der Waals surface area contributed by atoms with Gasteiger partial charge in [0.15, 0.2) is 19.7 Å². The predicted molar refractivity (Wildman–Crippen MR) is 160 cm³/mol. The van der Waals surface area contributed by atoms with E-state index < -0.39 is 8.32 Å². The van der Waals surface area contributed by atoms with Crippen LogP contribution >= 0.6 is 0 Å². The fourth-order valence-corrected chi connectivity index (χ4v) is 6.86. The summed E-state index contributed by atoms with van der Waals surface area (Å²) in [4.78, 5) is 8.72. The molecular weight excluding hydrogens is 502 g/mol. The minimum atomic E-state index is -1.75. The molecule has 6 rings (SSSR count). The van der Waals surface area contributed by atoms with Crippen LogP contribution in [0, 0.1) is 0 Å². The molecule has 0 unspecified atom stereocenters. The summed E-state index contributed by atoms with van der Waals surface area (Å²) in [6, 6.07) is 10.6. The van der Waals surface area contributed by atoms with Gasteiger partial charge in [0.05, 0.1) is 12.2 Å². The van der Waals surface area contributed by atoms with Gasteiger partial charge in [-0.15, -0.1) is 0 Å². The van der Waals surface area contributed by atoms with Gasteiger partial charge in [0.1, 0.15) is 5.76 Å². The van der Waals surface area contributed by atoms with Crippen molar-refractivity contribution in [2.45, 2.75) is 76.7 Å². The monoisotopic (exact) mass is 539 g/mol. The molecule has 7 nitrogen and oxygen atoms in total. The number of hydrogen-bond acceptors (Lipinski definition) is 6. The summed E-state index contributed by atoms with van der Waals surface area (Å²) in [6.45, 7) is 11.6. The molecule has 0 spiro atoms. The Morgan fingerprint density at radius 2 is 1.79 bits per heavy atom. The van der Waals surface area contributed by atoms with Crippen LogP contribution in [0.4, 0.5) is 5.82 Å². The number of aromatic nitrogens is 4. The molecule has 2 N–H and O–H groups in total. The minimum absolute atomic E-state index is 0.233. The number of benzene rings is 1. The molecule has 0 atom stereocenters. The van der Waals surface area contributed by atoms with Crippen molar-refractivity contribution in [1.82, 2.24) is 19.7 Å². The van der Waals surface area contributed by atoms with E-state index in [1.165, 1.54) is 0 Å². The predicted octanol–water partition coefficient (Wildman–Crippen LogP) is 7.99. The van der Waals surface area contributed by atoms with Crippen molar-refractivity contribution < 1.29 is 8.84 Å². The first-order chi connectivity index (χ1) is 18.6. The molecule has 0 amide bonds. The van der Waals surface area contributed by atoms with Gasteiger partial charge in [-0.25, -0.2) is 4.98 Å². The summed E-state index contributed by atoms with van der Waals surface area (Å²) in [5.41, 5.74) is 9.86. The lowest BCUT2D eigenvalue weighted by Gasteiger charge is -2.41. The maximum atomic E-state index is 6.70. The highest BCUT2D eigenvalue weighted by Gasteiger charge is 2.40. The van der Waals surface area contributed by atoms with Gasteiger partial charge < -0.3 is 14.6 Å². The van der Waals surface area contributed by atoms with Gasteiger partial charge in [-0.2, -0.15) is 5.10 Å². The molecule has 5 aromatic rings. The lowest BCUT2D eigenvalue weighted by atomic mass is 9.93. The molecule has 0 bridgehead atoms. The van der Waals surface area contributed by atoms with Gasteiger partial charge >= 0.3 is 0 Å². The lowest BCUT2D eigenvalue weighted by molar-refractivity contribution is 0.115. The highest BCUT2D eigenvalue weighted by Crippen LogP contribution is 2.41. The number of pyridine rings is 2. The summed E-state index contributed by atoms with van der Waals surface area (Å²) in [6.07, 6.45) is 14.2. The summed E-state index contributed by atoms with van der Waals surface area (Å²) in [5, 5.41) is 8.10. The fourth-order valence-electron chi connectivity index (χ4n) is 5.44. The summed E-state index contributed by atoms with van der Waals surface area (Å²) < 4.78 is 15.1. The third-order valence-corrected chi connectivity index (χ3v) is 13.3. The Bertz CT molecular complexity index is 1630. The van der Waals surface area contributed by atoms with E-state index in [0.717, 1.165) is 64.3 Å². The Morgan fingerprint density at radius 3 is 2.56 bits per heavy atom. The van der Waals surface area contributed by atoms with E-state index in [9.17, 15) is 0 Å². The van der Waals surface area contributed by atoms with E-state index in [2.05, 4.69) is 72.9 Å². The summed E-state index contributed by atoms with van der Waals surface area (Å²) in [5.74, 6) is 1.14. The summed E-state index contributed by atoms with van der Waals surface area (Å²) >= 11 is 0. The number of fused-ring (bicyclic) bond motifs is 2. The van der Waals surface area contributed by atoms with Crippen LogP contribution in [0.5, 0.6) is 0 Å². The molecule has 0 aliphatic heterocycles. The fraction of sp³-hybridized carbons (Fsp3) is 0.387. The Kier molecular flexibility index (Phi) is 6.35. The largest absolute Gasteiger partial charge is 0.452 e. The third kappa shape index (κ3) is 4.76. The molecular formula is C31H37N5O2Si. The van der Waals surface area contributed by atoms with Gasteiger partial charge in [-0.1, -0.05) is 39.0 Å². The Labute approximate surface area is 230 Å². The Morgan fingerprint density at radius 1 is 1.00 bits per heavy atom. The first kappa shape index (κ1) is 25.8. The lowest BCUT2D eigenvalue weighted by Crippen LogP contribution is -2.44. The van der Waals surface area contributed by atoms with Gasteiger partial charge in [-0.3, -0.25) is 9.67 Å². The first-order valence-electron chi connectivity index (χ1n) is 13.8. The molecule has 0 radical (unpaired) electrons. The molecule has 1 aliphatic rings. The van der Waals surface area contributed by atoms with Crippen molar-refractivity contribution in [1.29, 1.82) is 0 Å². The number of anilines is 1. The third-order valence-electron chi connectivity index (χ3n) is 8.73. The number of nitrogen functional groups attached to an aromatic ring is 1. The van der Waals surface area contributed by atoms with Crippen molar-refractivity contribution in [2.75, 3.05) is 5.73 Å². The molecule has 1 aromatic carbocycles. The van der Waals surface area contributed by atoms with Crippen LogP contribution in [0.15, 0.2) is 65.7 Å². The second-order valence-corrected chi connectivity index (χ2v) is 17.1. The maximum absolute atomic E-state index is 6.70. The molecule has 202 valence electrons. The van der Waals surface area contributed by atoms with E-state index in [0.29, 0.717) is 23.5 Å². The van der Waals surface area contributed by atoms with Crippen molar-refractivity contribution in [3.8, 4) is 22.5 Å². The van der Waals surface area contributed by atoms with Gasteiger partial charge in [0.2, 0.25) is 0 Å². The smallest absolute Gasteiger partial charge is 0.192 e. The zero-order chi connectivity index (χ0) is 27.4. The van der Waals surface area contributed by atoms with Crippen molar-refractivity contribution in [2.24, 2.45) is 0 Å². The van der Waals surface area contributed by atoms with E-state index in [1.807, 2.05) is 30.7 Å². The van der Waals surface area contributed by atoms with Crippen molar-refractivity contribution >= 4 is 35.9 Å². The van der Waals surface area contributed by atoms with Crippen LogP contribution in [0.3, 0.4) is 0 Å². The molecule has 1 aliphatic carbocycles. The molecule has 4 aromatic heterocycles.